The van der Waals surface area contributed by atoms with Crippen LogP contribution in [0.5, 0.6) is 0 Å². The van der Waals surface area contributed by atoms with Gasteiger partial charge in [-0.1, -0.05) is 94.0 Å². The number of amides is 6. The Morgan fingerprint density at radius 2 is 1.52 bits per heavy atom. The molecule has 28 heteroatoms. The Labute approximate surface area is 628 Å². The van der Waals surface area contributed by atoms with Gasteiger partial charge in [0.1, 0.15) is 18.2 Å². The summed E-state index contributed by atoms with van der Waals surface area (Å²) in [6, 6.07) is 22.4. The molecule has 4 aliphatic carbocycles. The monoisotopic (exact) mass is 1510 g/mol. The smallest absolute Gasteiger partial charge is 0.355 e. The second kappa shape index (κ2) is 34.0. The summed E-state index contributed by atoms with van der Waals surface area (Å²) in [5, 5.41) is 24.6. The Bertz CT molecular complexity index is 4410. The Balaban J connectivity index is 0.649. The molecule has 0 radical (unpaired) electrons. The second-order valence-electron chi connectivity index (χ2n) is 31.2. The number of rotatable bonds is 39. The first kappa shape index (κ1) is 79.0. The number of fused-ring (bicyclic) bond motifs is 2. The third kappa shape index (κ3) is 20.4. The van der Waals surface area contributed by atoms with Crippen molar-refractivity contribution in [1.82, 2.24) is 40.2 Å². The van der Waals surface area contributed by atoms with Crippen LogP contribution >= 0.6 is 11.3 Å². The summed E-state index contributed by atoms with van der Waals surface area (Å²) in [7, 11) is -4.29. The van der Waals surface area contributed by atoms with E-state index in [9.17, 15) is 61.2 Å². The number of thiazole rings is 1. The average Bonchev–Trinajstić information content (AvgIpc) is 1.68. The molecule has 107 heavy (non-hydrogen) atoms. The zero-order chi connectivity index (χ0) is 76.4. The van der Waals surface area contributed by atoms with E-state index in [1.165, 1.54) is 23.5 Å². The number of pyridine rings is 1. The fourth-order valence-electron chi connectivity index (χ4n) is 17.8. The first-order valence-electron chi connectivity index (χ1n) is 37.2. The highest BCUT2D eigenvalue weighted by Gasteiger charge is 2.66. The van der Waals surface area contributed by atoms with Gasteiger partial charge in [-0.05, 0) is 172 Å². The summed E-state index contributed by atoms with van der Waals surface area (Å²) in [6.45, 7) is 13.5. The van der Waals surface area contributed by atoms with Crippen LogP contribution < -0.4 is 26.6 Å². The van der Waals surface area contributed by atoms with Crippen molar-refractivity contribution in [3.05, 3.63) is 136 Å². The molecule has 3 aromatic carbocycles. The number of hydrogen-bond acceptors (Lipinski definition) is 19. The lowest BCUT2D eigenvalue weighted by Gasteiger charge is -2.69. The largest absolute Gasteiger partial charge is 0.476 e. The SMILES string of the molecule is Cc1c(-c2ccc(N3CCc4cccc(C(=O)Nc5nc6ccccc6s5)c4C3)nc2C(=O)O)cnn1CC12CC3(C)CC(C)(C1)CC(OCCN(CCCCC(=O)OCc1ccc(CC(=O)[C@H](CCCNC(N)=O)NC(=O)[C@@H](CC(=O)CCCCCN4C(=O)C=CC4=O)C(C)C)cc1)CCS(=O)(=O)O)(C3)C2. The predicted octanol–water partition coefficient (Wildman–Crippen LogP) is 10.4. The molecule has 2 aliphatic heterocycles. The molecular weight excluding hydrogens is 1410 g/mol. The number of carboxylic acid groups (broad SMARTS) is 1. The molecule has 5 heterocycles. The number of anilines is 2. The molecule has 7 N–H and O–H groups in total. The number of Topliss-reactive ketones (excluding diaryl/α,β-unsaturated/α-hetero) is 2. The van der Waals surface area contributed by atoms with Gasteiger partial charge < -0.3 is 35.8 Å². The summed E-state index contributed by atoms with van der Waals surface area (Å²) in [5.41, 5.74) is 11.0. The van der Waals surface area contributed by atoms with Crippen molar-refractivity contribution in [3.8, 4) is 11.1 Å². The molecule has 0 saturated heterocycles. The molecule has 4 bridgehead atoms. The number of aromatic carboxylic acids is 1. The first-order valence-corrected chi connectivity index (χ1v) is 39.6. The molecule has 6 amide bonds. The Kier molecular flexibility index (Phi) is 25.1. The number of nitrogens with one attached hydrogen (secondary N) is 3. The number of para-hydroxylation sites is 1. The number of nitrogens with two attached hydrogens (primary N) is 1. The van der Waals surface area contributed by atoms with E-state index in [0.29, 0.717) is 123 Å². The van der Waals surface area contributed by atoms with Crippen LogP contribution in [-0.2, 0) is 80.9 Å². The topological polar surface area (TPSA) is 362 Å². The van der Waals surface area contributed by atoms with Crippen LogP contribution in [0, 0.1) is 35.0 Å². The molecule has 26 nitrogen and oxygen atoms in total. The molecule has 3 aromatic heterocycles. The number of ketones is 2. The zero-order valence-corrected chi connectivity index (χ0v) is 63.3. The van der Waals surface area contributed by atoms with Crippen molar-refractivity contribution < 1.29 is 70.7 Å². The van der Waals surface area contributed by atoms with Crippen molar-refractivity contribution in [3.63, 3.8) is 0 Å². The number of hydrogen-bond donors (Lipinski definition) is 6. The van der Waals surface area contributed by atoms with E-state index >= 15 is 0 Å². The maximum Gasteiger partial charge on any atom is 0.355 e. The molecular formula is C79H99N11O15S2. The molecule has 12 rings (SSSR count). The van der Waals surface area contributed by atoms with Crippen LogP contribution in [0.1, 0.15) is 179 Å². The molecule has 4 fully saturated rings. The van der Waals surface area contributed by atoms with Gasteiger partial charge in [-0.25, -0.2) is 19.6 Å². The van der Waals surface area contributed by atoms with Crippen LogP contribution in [0.25, 0.3) is 21.3 Å². The summed E-state index contributed by atoms with van der Waals surface area (Å²) in [6.07, 6.45) is 13.8. The number of esters is 1. The standard InChI is InChI=1S/C79H99N11O15S2/c1-51(2)59(40-56(91)16-7-6-11-33-89-67(93)28-29-68(89)94)72(97)83-62(19-14-31-81-74(80)100)64(92)39-53-22-24-54(25-23-53)43-104-69(95)21-10-12-32-87(36-38-107(101,102)103)35-37-105-79-47-76(4)44-77(5,48-79)46-78(45-76,49-79)50-90-52(3)60(41-82-90)57-26-27-66(85-70(57)73(98)99)88-34-30-55-15-13-17-58(61(55)42-88)71(96)86-75-84-63-18-8-9-20-65(63)106-75/h8-9,13,15,17-18,20,22-29,41,51,59,62H,6-7,10-12,14,16,19,21,30-40,42-50H2,1-5H3,(H,83,97)(H,98,99)(H3,80,81,100)(H,84,86,96)(H,101,102,103)/t59-,62-,76?,77?,78?,79?/m0/s1. The molecule has 2 unspecified atom stereocenters. The number of imide groups is 1. The maximum absolute atomic E-state index is 13.9. The number of unbranched alkanes of at least 4 members (excludes halogenated alkanes) is 3. The highest BCUT2D eigenvalue weighted by Crippen LogP contribution is 2.72. The predicted molar refractivity (Wildman–Crippen MR) is 404 cm³/mol. The number of ether oxygens (including phenoxy) is 2. The van der Waals surface area contributed by atoms with E-state index in [2.05, 4.69) is 34.8 Å². The van der Waals surface area contributed by atoms with Crippen LogP contribution in [0.15, 0.2) is 97.2 Å². The molecule has 4 saturated carbocycles. The Hall–Kier alpha value is -9.09. The fourth-order valence-corrected chi connectivity index (χ4v) is 19.2. The average molecular weight is 1510 g/mol. The molecule has 572 valence electrons. The van der Waals surface area contributed by atoms with E-state index in [1.807, 2.05) is 83.8 Å². The minimum absolute atomic E-state index is 0.0231. The van der Waals surface area contributed by atoms with Crippen molar-refractivity contribution in [1.29, 1.82) is 0 Å². The maximum atomic E-state index is 13.9. The zero-order valence-electron chi connectivity index (χ0n) is 61.7. The molecule has 6 aliphatic rings. The number of aromatic nitrogens is 4. The number of urea groups is 1. The second-order valence-corrected chi connectivity index (χ2v) is 33.8. The Morgan fingerprint density at radius 1 is 0.794 bits per heavy atom. The molecule has 0 spiro atoms. The number of carbonyl (C=O) groups excluding carboxylic acids is 8. The van der Waals surface area contributed by atoms with Gasteiger partial charge >= 0.3 is 18.0 Å². The van der Waals surface area contributed by atoms with Gasteiger partial charge in [0.2, 0.25) is 5.91 Å². The number of benzene rings is 3. The van der Waals surface area contributed by atoms with Crippen LogP contribution in [0.4, 0.5) is 15.7 Å². The van der Waals surface area contributed by atoms with Crippen LogP contribution in [0.3, 0.4) is 0 Å². The van der Waals surface area contributed by atoms with Gasteiger partial charge in [0.15, 0.2) is 16.6 Å². The number of carbonyl (C=O) groups is 9. The van der Waals surface area contributed by atoms with Crippen molar-refractivity contribution in [2.24, 2.45) is 33.8 Å². The first-order chi connectivity index (χ1) is 50.9. The van der Waals surface area contributed by atoms with Gasteiger partial charge in [0.25, 0.3) is 27.8 Å². The van der Waals surface area contributed by atoms with E-state index in [0.717, 1.165) is 70.5 Å². The Morgan fingerprint density at radius 3 is 2.23 bits per heavy atom. The lowest BCUT2D eigenvalue weighted by Crippen LogP contribution is -2.64. The minimum atomic E-state index is -4.29. The van der Waals surface area contributed by atoms with E-state index in [-0.39, 0.29) is 115 Å². The number of carboxylic acids is 1. The third-order valence-electron chi connectivity index (χ3n) is 21.9. The van der Waals surface area contributed by atoms with Crippen LogP contribution in [-0.4, -0.2) is 164 Å². The normalized spacial score (nSPS) is 20.7. The van der Waals surface area contributed by atoms with Crippen molar-refractivity contribution in [2.45, 2.75) is 182 Å². The highest BCUT2D eigenvalue weighted by atomic mass is 32.2. The summed E-state index contributed by atoms with van der Waals surface area (Å²) in [4.78, 5) is 131. The van der Waals surface area contributed by atoms with Crippen molar-refractivity contribution >= 4 is 95.8 Å². The van der Waals surface area contributed by atoms with E-state index in [1.54, 1.807) is 36.5 Å². The fraction of sp³-hybridized carbons (Fsp3) is 0.519. The number of nitrogens with zero attached hydrogens (tertiary/aromatic N) is 7. The van der Waals surface area contributed by atoms with Gasteiger partial charge in [-0.2, -0.15) is 13.5 Å². The van der Waals surface area contributed by atoms with Gasteiger partial charge in [-0.3, -0.25) is 57.9 Å². The molecule has 4 atom stereocenters. The number of primary amides is 1. The third-order valence-corrected chi connectivity index (χ3v) is 23.5. The summed E-state index contributed by atoms with van der Waals surface area (Å²) in [5.74, 6) is -4.31. The lowest BCUT2D eigenvalue weighted by molar-refractivity contribution is -0.248. The van der Waals surface area contributed by atoms with Crippen LogP contribution in [0.2, 0.25) is 0 Å². The quantitative estimate of drug-likeness (QED) is 0.00903. The summed E-state index contributed by atoms with van der Waals surface area (Å²) < 4.78 is 49.7. The summed E-state index contributed by atoms with van der Waals surface area (Å²) >= 11 is 1.41. The highest BCUT2D eigenvalue weighted by molar-refractivity contribution is 7.85. The van der Waals surface area contributed by atoms with E-state index in [4.69, 9.17) is 25.3 Å². The lowest BCUT2D eigenvalue weighted by atomic mass is 9.39. The molecule has 6 aromatic rings. The van der Waals surface area contributed by atoms with Crippen molar-refractivity contribution in [2.75, 3.05) is 61.8 Å². The van der Waals surface area contributed by atoms with E-state index < -0.39 is 57.3 Å². The van der Waals surface area contributed by atoms with Gasteiger partial charge in [0, 0.05) is 112 Å². The minimum Gasteiger partial charge on any atom is -0.476 e. The van der Waals surface area contributed by atoms with Gasteiger partial charge in [-0.15, -0.1) is 0 Å². The van der Waals surface area contributed by atoms with Gasteiger partial charge in [0.05, 0.1) is 40.4 Å².